The third-order valence-electron chi connectivity index (χ3n) is 3.86. The molecule has 0 saturated carbocycles. The maximum Gasteiger partial charge on any atom is 0.138 e. The van der Waals surface area contributed by atoms with Crippen LogP contribution in [-0.4, -0.2) is 22.9 Å². The van der Waals surface area contributed by atoms with Gasteiger partial charge in [0.2, 0.25) is 0 Å². The lowest BCUT2D eigenvalue weighted by Gasteiger charge is -2.18. The minimum atomic E-state index is 0.472. The van der Waals surface area contributed by atoms with Crippen molar-refractivity contribution in [3.8, 4) is 5.75 Å². The molecule has 0 atom stereocenters. The van der Waals surface area contributed by atoms with Gasteiger partial charge in [0.05, 0.1) is 16.4 Å². The van der Waals surface area contributed by atoms with Gasteiger partial charge < -0.3 is 9.64 Å². The van der Waals surface area contributed by atoms with Crippen LogP contribution in [0.5, 0.6) is 5.75 Å². The van der Waals surface area contributed by atoms with Gasteiger partial charge in [-0.05, 0) is 44.0 Å². The minimum Gasteiger partial charge on any atom is -0.486 e. The molecule has 1 aliphatic heterocycles. The molecule has 0 unspecified atom stereocenters. The topological polar surface area (TPSA) is 30.3 Å². The molecule has 0 bridgehead atoms. The normalized spacial score (nSPS) is 14.7. The molecule has 3 rings (SSSR count). The predicted octanol–water partition coefficient (Wildman–Crippen LogP) is 3.56. The van der Waals surface area contributed by atoms with Crippen LogP contribution in [0.4, 0.5) is 5.69 Å². The molecule has 1 saturated heterocycles. The van der Waals surface area contributed by atoms with Crippen molar-refractivity contribution >= 4 is 17.3 Å². The fraction of sp³-hybridized carbons (Fsp3) is 0.438. The fourth-order valence-electron chi connectivity index (χ4n) is 2.73. The molecular formula is C16H20ClN3O. The average Bonchev–Trinajstić information content (AvgIpc) is 3.07. The summed E-state index contributed by atoms with van der Waals surface area (Å²) in [6.45, 7) is 4.68. The summed E-state index contributed by atoms with van der Waals surface area (Å²) in [5.41, 5.74) is 3.21. The van der Waals surface area contributed by atoms with Crippen LogP contribution in [0, 0.1) is 6.92 Å². The van der Waals surface area contributed by atoms with E-state index in [2.05, 4.69) is 16.1 Å². The molecule has 2 aromatic rings. The van der Waals surface area contributed by atoms with Crippen molar-refractivity contribution in [2.75, 3.05) is 18.0 Å². The highest BCUT2D eigenvalue weighted by atomic mass is 35.5. The van der Waals surface area contributed by atoms with E-state index >= 15 is 0 Å². The molecule has 112 valence electrons. The summed E-state index contributed by atoms with van der Waals surface area (Å²) >= 11 is 6.34. The predicted molar refractivity (Wildman–Crippen MR) is 85.2 cm³/mol. The van der Waals surface area contributed by atoms with E-state index in [1.165, 1.54) is 18.5 Å². The fourth-order valence-corrected chi connectivity index (χ4v) is 2.96. The zero-order valence-electron chi connectivity index (χ0n) is 12.5. The van der Waals surface area contributed by atoms with E-state index in [9.17, 15) is 0 Å². The first-order valence-electron chi connectivity index (χ1n) is 7.30. The second-order valence-corrected chi connectivity index (χ2v) is 5.91. The zero-order valence-corrected chi connectivity index (χ0v) is 13.2. The van der Waals surface area contributed by atoms with Crippen molar-refractivity contribution in [1.29, 1.82) is 0 Å². The molecule has 0 radical (unpaired) electrons. The molecule has 4 nitrogen and oxygen atoms in total. The number of benzene rings is 1. The molecule has 21 heavy (non-hydrogen) atoms. The lowest BCUT2D eigenvalue weighted by atomic mass is 10.2. The molecule has 1 fully saturated rings. The Morgan fingerprint density at radius 2 is 2.00 bits per heavy atom. The lowest BCUT2D eigenvalue weighted by Crippen LogP contribution is -2.17. The number of hydrogen-bond donors (Lipinski definition) is 0. The van der Waals surface area contributed by atoms with Crippen molar-refractivity contribution in [2.24, 2.45) is 7.05 Å². The standard InChI is InChI=1S/C16H20ClN3O/c1-12-9-14(19(2)18-12)11-21-16-6-5-13(10-15(16)17)20-7-3-4-8-20/h5-6,9-10H,3-4,7-8,11H2,1-2H3. The van der Waals surface area contributed by atoms with Gasteiger partial charge in [-0.2, -0.15) is 5.10 Å². The molecule has 0 N–H and O–H groups in total. The van der Waals surface area contributed by atoms with Crippen LogP contribution < -0.4 is 9.64 Å². The van der Waals surface area contributed by atoms with Crippen molar-refractivity contribution in [3.63, 3.8) is 0 Å². The first kappa shape index (κ1) is 14.3. The van der Waals surface area contributed by atoms with Gasteiger partial charge in [0.1, 0.15) is 12.4 Å². The molecule has 1 aliphatic rings. The average molecular weight is 306 g/mol. The van der Waals surface area contributed by atoms with Crippen LogP contribution in [0.15, 0.2) is 24.3 Å². The summed E-state index contributed by atoms with van der Waals surface area (Å²) in [5.74, 6) is 0.721. The minimum absolute atomic E-state index is 0.472. The Balaban J connectivity index is 1.69. The van der Waals surface area contributed by atoms with Crippen molar-refractivity contribution in [3.05, 3.63) is 40.7 Å². The van der Waals surface area contributed by atoms with Crippen LogP contribution in [0.2, 0.25) is 5.02 Å². The first-order chi connectivity index (χ1) is 10.1. The maximum atomic E-state index is 6.34. The van der Waals surface area contributed by atoms with Gasteiger partial charge in [0.25, 0.3) is 0 Å². The molecule has 2 heterocycles. The number of nitrogens with zero attached hydrogens (tertiary/aromatic N) is 3. The quantitative estimate of drug-likeness (QED) is 0.865. The third kappa shape index (κ3) is 3.16. The Morgan fingerprint density at radius 1 is 1.24 bits per heavy atom. The summed E-state index contributed by atoms with van der Waals surface area (Å²) in [6.07, 6.45) is 2.52. The van der Waals surface area contributed by atoms with Crippen molar-refractivity contribution in [2.45, 2.75) is 26.4 Å². The van der Waals surface area contributed by atoms with Gasteiger partial charge in [0, 0.05) is 25.8 Å². The summed E-state index contributed by atoms with van der Waals surface area (Å²) in [7, 11) is 1.92. The number of anilines is 1. The number of rotatable bonds is 4. The first-order valence-corrected chi connectivity index (χ1v) is 7.68. The highest BCUT2D eigenvalue weighted by Crippen LogP contribution is 2.31. The largest absolute Gasteiger partial charge is 0.486 e. The van der Waals surface area contributed by atoms with Crippen LogP contribution in [0.25, 0.3) is 0 Å². The highest BCUT2D eigenvalue weighted by Gasteiger charge is 2.14. The Bertz CT molecular complexity index is 632. The summed E-state index contributed by atoms with van der Waals surface area (Å²) in [6, 6.07) is 8.06. The van der Waals surface area contributed by atoms with Crippen LogP contribution in [-0.2, 0) is 13.7 Å². The van der Waals surface area contributed by atoms with Gasteiger partial charge >= 0.3 is 0 Å². The van der Waals surface area contributed by atoms with E-state index in [0.29, 0.717) is 11.6 Å². The number of hydrogen-bond acceptors (Lipinski definition) is 3. The Kier molecular flexibility index (Phi) is 4.06. The lowest BCUT2D eigenvalue weighted by molar-refractivity contribution is 0.295. The summed E-state index contributed by atoms with van der Waals surface area (Å²) in [4.78, 5) is 2.36. The Labute approximate surface area is 130 Å². The van der Waals surface area contributed by atoms with Crippen LogP contribution in [0.1, 0.15) is 24.2 Å². The molecule has 0 aliphatic carbocycles. The van der Waals surface area contributed by atoms with Gasteiger partial charge in [-0.25, -0.2) is 0 Å². The number of aromatic nitrogens is 2. The van der Waals surface area contributed by atoms with E-state index < -0.39 is 0 Å². The van der Waals surface area contributed by atoms with E-state index in [0.717, 1.165) is 30.2 Å². The summed E-state index contributed by atoms with van der Waals surface area (Å²) in [5, 5.41) is 4.97. The third-order valence-corrected chi connectivity index (χ3v) is 4.16. The molecule has 1 aromatic heterocycles. The molecule has 0 spiro atoms. The maximum absolute atomic E-state index is 6.34. The van der Waals surface area contributed by atoms with Gasteiger partial charge in [0.15, 0.2) is 0 Å². The summed E-state index contributed by atoms with van der Waals surface area (Å²) < 4.78 is 7.66. The SMILES string of the molecule is Cc1cc(COc2ccc(N3CCCC3)cc2Cl)n(C)n1. The van der Waals surface area contributed by atoms with E-state index in [1.54, 1.807) is 0 Å². The van der Waals surface area contributed by atoms with Gasteiger partial charge in [-0.15, -0.1) is 0 Å². The Morgan fingerprint density at radius 3 is 2.62 bits per heavy atom. The molecule has 1 aromatic carbocycles. The van der Waals surface area contributed by atoms with E-state index in [1.807, 2.05) is 36.9 Å². The van der Waals surface area contributed by atoms with Crippen LogP contribution in [0.3, 0.4) is 0 Å². The number of ether oxygens (including phenoxy) is 1. The van der Waals surface area contributed by atoms with Crippen molar-refractivity contribution < 1.29 is 4.74 Å². The second-order valence-electron chi connectivity index (χ2n) is 5.50. The van der Waals surface area contributed by atoms with Crippen molar-refractivity contribution in [1.82, 2.24) is 9.78 Å². The molecule has 5 heteroatoms. The smallest absolute Gasteiger partial charge is 0.138 e. The molecule has 0 amide bonds. The van der Waals surface area contributed by atoms with Crippen LogP contribution >= 0.6 is 11.6 Å². The van der Waals surface area contributed by atoms with E-state index in [4.69, 9.17) is 16.3 Å². The van der Waals surface area contributed by atoms with Gasteiger partial charge in [-0.1, -0.05) is 11.6 Å². The van der Waals surface area contributed by atoms with Gasteiger partial charge in [-0.3, -0.25) is 4.68 Å². The monoisotopic (exact) mass is 305 g/mol. The number of halogens is 1. The zero-order chi connectivity index (χ0) is 14.8. The second kappa shape index (κ2) is 5.98. The Hall–Kier alpha value is -1.68. The van der Waals surface area contributed by atoms with E-state index in [-0.39, 0.29) is 0 Å². The highest BCUT2D eigenvalue weighted by molar-refractivity contribution is 6.32. The molecular weight excluding hydrogens is 286 g/mol. The number of aryl methyl sites for hydroxylation is 2.